The summed E-state index contributed by atoms with van der Waals surface area (Å²) in [6.07, 6.45) is 0.601. The van der Waals surface area contributed by atoms with Crippen molar-refractivity contribution in [3.63, 3.8) is 0 Å². The minimum atomic E-state index is -0.849. The number of carboxylic acids is 1. The van der Waals surface area contributed by atoms with E-state index in [2.05, 4.69) is 12.1 Å². The molecule has 0 saturated carbocycles. The lowest BCUT2D eigenvalue weighted by molar-refractivity contribution is -0.137. The fourth-order valence-corrected chi connectivity index (χ4v) is 1.96. The molecule has 0 saturated heterocycles. The van der Waals surface area contributed by atoms with Crippen molar-refractivity contribution in [2.24, 2.45) is 5.73 Å². The van der Waals surface area contributed by atoms with Gasteiger partial charge in [0.1, 0.15) is 0 Å². The molecule has 3 heteroatoms. The molecule has 88 valence electrons. The molecular weight excluding hydrogens is 214 g/mol. The van der Waals surface area contributed by atoms with Gasteiger partial charge in [0.15, 0.2) is 0 Å². The van der Waals surface area contributed by atoms with Crippen molar-refractivity contribution in [3.8, 4) is 0 Å². The molecule has 1 atom stereocenters. The van der Waals surface area contributed by atoms with Crippen molar-refractivity contribution in [2.75, 3.05) is 0 Å². The monoisotopic (exact) mass is 229 g/mol. The summed E-state index contributed by atoms with van der Waals surface area (Å²) in [6, 6.07) is 13.9. The van der Waals surface area contributed by atoms with E-state index in [1.807, 2.05) is 30.3 Å². The number of benzene rings is 2. The number of rotatable bonds is 4. The predicted octanol–water partition coefficient (Wildman–Crippen LogP) is 2.18. The molecule has 0 heterocycles. The zero-order chi connectivity index (χ0) is 12.3. The molecule has 2 aromatic rings. The third-order valence-corrected chi connectivity index (χ3v) is 2.75. The van der Waals surface area contributed by atoms with Gasteiger partial charge in [-0.25, -0.2) is 0 Å². The van der Waals surface area contributed by atoms with Gasteiger partial charge >= 0.3 is 5.97 Å². The number of fused-ring (bicyclic) bond motifs is 1. The Morgan fingerprint density at radius 1 is 1.18 bits per heavy atom. The van der Waals surface area contributed by atoms with Crippen LogP contribution in [0.2, 0.25) is 0 Å². The van der Waals surface area contributed by atoms with Crippen LogP contribution >= 0.6 is 0 Å². The number of nitrogens with two attached hydrogens (primary N) is 1. The second-order valence-electron chi connectivity index (χ2n) is 4.24. The van der Waals surface area contributed by atoms with Gasteiger partial charge in [-0.1, -0.05) is 42.5 Å². The lowest BCUT2D eigenvalue weighted by Crippen LogP contribution is -2.26. The van der Waals surface area contributed by atoms with Crippen LogP contribution < -0.4 is 5.73 Å². The first kappa shape index (κ1) is 11.6. The van der Waals surface area contributed by atoms with Gasteiger partial charge in [0.25, 0.3) is 0 Å². The Bertz CT molecular complexity index is 536. The van der Waals surface area contributed by atoms with Crippen molar-refractivity contribution in [1.29, 1.82) is 0 Å². The second-order valence-corrected chi connectivity index (χ2v) is 4.24. The van der Waals surface area contributed by atoms with Gasteiger partial charge in [-0.15, -0.1) is 0 Å². The van der Waals surface area contributed by atoms with Gasteiger partial charge in [-0.05, 0) is 22.8 Å². The molecule has 0 aliphatic carbocycles. The second kappa shape index (κ2) is 4.97. The highest BCUT2D eigenvalue weighted by Gasteiger charge is 2.08. The minimum Gasteiger partial charge on any atom is -0.481 e. The highest BCUT2D eigenvalue weighted by atomic mass is 16.4. The van der Waals surface area contributed by atoms with Gasteiger partial charge in [-0.2, -0.15) is 0 Å². The zero-order valence-electron chi connectivity index (χ0n) is 9.47. The quantitative estimate of drug-likeness (QED) is 0.844. The molecule has 3 N–H and O–H groups in total. The Morgan fingerprint density at radius 3 is 2.59 bits per heavy atom. The summed E-state index contributed by atoms with van der Waals surface area (Å²) in [6.45, 7) is 0. The average molecular weight is 229 g/mol. The number of carboxylic acid groups (broad SMARTS) is 1. The third kappa shape index (κ3) is 3.04. The summed E-state index contributed by atoms with van der Waals surface area (Å²) in [5.41, 5.74) is 6.85. The van der Waals surface area contributed by atoms with Crippen LogP contribution in [0.4, 0.5) is 0 Å². The third-order valence-electron chi connectivity index (χ3n) is 2.75. The predicted molar refractivity (Wildman–Crippen MR) is 67.9 cm³/mol. The lowest BCUT2D eigenvalue weighted by atomic mass is 10.0. The molecule has 17 heavy (non-hydrogen) atoms. The molecule has 0 amide bonds. The van der Waals surface area contributed by atoms with Crippen LogP contribution in [-0.4, -0.2) is 17.1 Å². The first-order valence-electron chi connectivity index (χ1n) is 5.60. The summed E-state index contributed by atoms with van der Waals surface area (Å²) in [4.78, 5) is 10.5. The molecule has 0 aromatic heterocycles. The maximum atomic E-state index is 10.5. The fraction of sp³-hybridized carbons (Fsp3) is 0.214. The van der Waals surface area contributed by atoms with Crippen LogP contribution in [0.5, 0.6) is 0 Å². The van der Waals surface area contributed by atoms with Crippen molar-refractivity contribution < 1.29 is 9.90 Å². The van der Waals surface area contributed by atoms with Gasteiger partial charge < -0.3 is 10.8 Å². The minimum absolute atomic E-state index is 0.00677. The number of hydrogen-bond donors (Lipinski definition) is 2. The van der Waals surface area contributed by atoms with Crippen LogP contribution in [0.1, 0.15) is 12.0 Å². The van der Waals surface area contributed by atoms with Crippen molar-refractivity contribution in [1.82, 2.24) is 0 Å². The fourth-order valence-electron chi connectivity index (χ4n) is 1.96. The molecular formula is C14H15NO2. The van der Waals surface area contributed by atoms with Crippen LogP contribution in [0.3, 0.4) is 0 Å². The maximum absolute atomic E-state index is 10.5. The normalized spacial score (nSPS) is 12.5. The van der Waals surface area contributed by atoms with E-state index in [1.54, 1.807) is 0 Å². The van der Waals surface area contributed by atoms with Crippen molar-refractivity contribution >= 4 is 16.7 Å². The van der Waals surface area contributed by atoms with Crippen LogP contribution in [0.15, 0.2) is 42.5 Å². The van der Waals surface area contributed by atoms with E-state index in [0.717, 1.165) is 10.9 Å². The molecule has 0 spiro atoms. The summed E-state index contributed by atoms with van der Waals surface area (Å²) >= 11 is 0. The van der Waals surface area contributed by atoms with E-state index < -0.39 is 5.97 Å². The zero-order valence-corrected chi connectivity index (χ0v) is 9.47. The highest BCUT2D eigenvalue weighted by Crippen LogP contribution is 2.16. The van der Waals surface area contributed by atoms with Gasteiger partial charge in [0.05, 0.1) is 6.42 Å². The molecule has 2 aromatic carbocycles. The number of carbonyl (C=O) groups is 1. The van der Waals surface area contributed by atoms with Crippen molar-refractivity contribution in [3.05, 3.63) is 48.0 Å². The summed E-state index contributed by atoms with van der Waals surface area (Å²) in [7, 11) is 0. The van der Waals surface area contributed by atoms with E-state index in [-0.39, 0.29) is 12.5 Å². The standard InChI is InChI=1S/C14H15NO2/c15-13(9-14(16)17)8-10-5-6-11-3-1-2-4-12(11)7-10/h1-7,13H,8-9,15H2,(H,16,17). The Morgan fingerprint density at radius 2 is 1.88 bits per heavy atom. The molecule has 0 bridgehead atoms. The smallest absolute Gasteiger partial charge is 0.304 e. The van der Waals surface area contributed by atoms with Crippen LogP contribution in [0.25, 0.3) is 10.8 Å². The average Bonchev–Trinajstić information content (AvgIpc) is 2.27. The Kier molecular flexibility index (Phi) is 3.40. The first-order valence-corrected chi connectivity index (χ1v) is 5.60. The van der Waals surface area contributed by atoms with Crippen LogP contribution in [0, 0.1) is 0 Å². The summed E-state index contributed by atoms with van der Waals surface area (Å²) in [5.74, 6) is -0.849. The van der Waals surface area contributed by atoms with E-state index in [1.165, 1.54) is 5.39 Å². The molecule has 0 radical (unpaired) electrons. The first-order chi connectivity index (χ1) is 8.15. The maximum Gasteiger partial charge on any atom is 0.304 e. The van der Waals surface area contributed by atoms with E-state index in [9.17, 15) is 4.79 Å². The summed E-state index contributed by atoms with van der Waals surface area (Å²) < 4.78 is 0. The molecule has 2 rings (SSSR count). The SMILES string of the molecule is NC(CC(=O)O)Cc1ccc2ccccc2c1. The lowest BCUT2D eigenvalue weighted by Gasteiger charge is -2.09. The number of hydrogen-bond acceptors (Lipinski definition) is 2. The topological polar surface area (TPSA) is 63.3 Å². The Labute approximate surface area is 99.9 Å². The van der Waals surface area contributed by atoms with Gasteiger partial charge in [0, 0.05) is 6.04 Å². The largest absolute Gasteiger partial charge is 0.481 e. The molecule has 3 nitrogen and oxygen atoms in total. The van der Waals surface area contributed by atoms with Crippen molar-refractivity contribution in [2.45, 2.75) is 18.9 Å². The highest BCUT2D eigenvalue weighted by molar-refractivity contribution is 5.83. The Hall–Kier alpha value is -1.87. The molecule has 0 fully saturated rings. The molecule has 0 aliphatic rings. The molecule has 1 unspecified atom stereocenters. The van der Waals surface area contributed by atoms with Gasteiger partial charge in [-0.3, -0.25) is 4.79 Å². The Balaban J connectivity index is 2.16. The number of aliphatic carboxylic acids is 1. The van der Waals surface area contributed by atoms with E-state index in [4.69, 9.17) is 10.8 Å². The molecule has 0 aliphatic heterocycles. The summed E-state index contributed by atoms with van der Waals surface area (Å²) in [5, 5.41) is 11.0. The van der Waals surface area contributed by atoms with Gasteiger partial charge in [0.2, 0.25) is 0 Å². The van der Waals surface area contributed by atoms with E-state index >= 15 is 0 Å². The van der Waals surface area contributed by atoms with E-state index in [0.29, 0.717) is 6.42 Å². The van der Waals surface area contributed by atoms with Crippen LogP contribution in [-0.2, 0) is 11.2 Å².